The van der Waals surface area contributed by atoms with Crippen molar-refractivity contribution in [2.24, 2.45) is 0 Å². The van der Waals surface area contributed by atoms with Gasteiger partial charge >= 0.3 is 19.5 Å². The van der Waals surface area contributed by atoms with Gasteiger partial charge in [-0.1, -0.05) is 195 Å². The van der Waals surface area contributed by atoms with Gasteiger partial charge in [0.1, 0.15) is 8.07 Å². The van der Waals surface area contributed by atoms with E-state index in [-0.39, 0.29) is 19.5 Å². The minimum absolute atomic E-state index is 0. The number of hydrogen-bond donors (Lipinski definition) is 0. The van der Waals surface area contributed by atoms with E-state index in [2.05, 4.69) is 349 Å². The Hall–Kier alpha value is -10.6. The molecule has 9 aromatic carbocycles. The molecule has 3 aromatic heterocycles. The van der Waals surface area contributed by atoms with Crippen LogP contribution in [0.2, 0.25) is 19.6 Å². The second kappa shape index (κ2) is 24.8. The Morgan fingerprint density at radius 3 is 0.807 bits per heavy atom. The molecule has 5 heterocycles. The van der Waals surface area contributed by atoms with Gasteiger partial charge in [0.05, 0.1) is 22.8 Å². The molecule has 12 aromatic rings. The molecule has 9 heteroatoms. The Morgan fingerprint density at radius 1 is 0.284 bits per heavy atom. The van der Waals surface area contributed by atoms with E-state index in [1.807, 2.05) is 0 Å². The van der Waals surface area contributed by atoms with E-state index < -0.39 is 8.07 Å². The molecule has 88 heavy (non-hydrogen) atoms. The first-order valence-electron chi connectivity index (χ1n) is 29.4. The van der Waals surface area contributed by atoms with Gasteiger partial charge in [-0.3, -0.25) is 0 Å². The molecule has 416 valence electrons. The van der Waals surface area contributed by atoms with E-state index >= 15 is 0 Å². The zero-order valence-corrected chi connectivity index (χ0v) is 53.2. The van der Waals surface area contributed by atoms with E-state index in [0.29, 0.717) is 0 Å². The Balaban J connectivity index is 0.00000714. The van der Waals surface area contributed by atoms with E-state index in [1.54, 1.807) is 0 Å². The quantitative estimate of drug-likeness (QED) is 0.0892. The van der Waals surface area contributed by atoms with Crippen LogP contribution in [0.4, 0.5) is 51.2 Å². The maximum absolute atomic E-state index is 5.65. The molecule has 0 spiro atoms. The van der Waals surface area contributed by atoms with Crippen LogP contribution in [-0.2, 0) is 19.5 Å². The average molecular weight is 1200 g/mol. The third-order valence-electron chi connectivity index (χ3n) is 15.5. The van der Waals surface area contributed by atoms with Crippen molar-refractivity contribution in [3.8, 4) is 44.8 Å². The Morgan fingerprint density at radius 2 is 0.523 bits per heavy atom. The standard InChI is InChI=1S/C79H59N7Si.Zn/c1-87(2,3)55-54-68-69-46-48-71(80-69)77(56-34-40-65(41-35-56)84(59-22-10-4-11-23-59)60-24-12-5-13-25-60)73-50-52-75(82-73)79(58-38-44-67(45-39-58)86(63-30-18-8-19-31-63)64-32-20-9-21-33-64)76-53-51-74(83-76)78(72-49-47-70(68)81-72)57-36-42-66(43-37-57)85(61-26-14-6-15-27-61)62-28-16-7-17-29-62;/h4-53H,1-3H3;/q-2;+2. The number of hydrogen-bond acceptors (Lipinski definition) is 5. The van der Waals surface area contributed by atoms with Gasteiger partial charge in [-0.05, 0) is 167 Å². The summed E-state index contributed by atoms with van der Waals surface area (Å²) in [5, 5.41) is 0. The van der Waals surface area contributed by atoms with Gasteiger partial charge in [-0.15, -0.1) is 27.6 Å². The van der Waals surface area contributed by atoms with Crippen LogP contribution in [0.5, 0.6) is 0 Å². The van der Waals surface area contributed by atoms with Crippen LogP contribution < -0.4 is 24.7 Å². The fourth-order valence-corrected chi connectivity index (χ4v) is 12.0. The van der Waals surface area contributed by atoms with Crippen molar-refractivity contribution >= 4 is 106 Å². The summed E-state index contributed by atoms with van der Waals surface area (Å²) >= 11 is 0. The third kappa shape index (κ3) is 11.6. The molecule has 0 unspecified atom stereocenters. The van der Waals surface area contributed by atoms with Gasteiger partial charge < -0.3 is 24.7 Å². The maximum atomic E-state index is 5.65. The molecule has 0 fully saturated rings. The van der Waals surface area contributed by atoms with Crippen molar-refractivity contribution in [2.75, 3.05) is 14.7 Å². The molecule has 0 radical (unpaired) electrons. The van der Waals surface area contributed by atoms with E-state index in [1.165, 1.54) is 0 Å². The van der Waals surface area contributed by atoms with Gasteiger partial charge in [0.2, 0.25) is 0 Å². The van der Waals surface area contributed by atoms with Crippen LogP contribution in [0.3, 0.4) is 0 Å². The summed E-state index contributed by atoms with van der Waals surface area (Å²) < 4.78 is 0. The fraction of sp³-hybridized carbons (Fsp3) is 0.0380. The second-order valence-corrected chi connectivity index (χ2v) is 27.3. The van der Waals surface area contributed by atoms with Gasteiger partial charge in [-0.2, -0.15) is 0 Å². The molecular weight excluding hydrogens is 1140 g/mol. The Bertz CT molecular complexity index is 4500. The summed E-state index contributed by atoms with van der Waals surface area (Å²) in [6, 6.07) is 97.7. The molecule has 0 atom stereocenters. The normalized spacial score (nSPS) is 11.5. The number of nitrogens with zero attached hydrogens (tertiary/aromatic N) is 7. The van der Waals surface area contributed by atoms with Crippen molar-refractivity contribution < 1.29 is 19.5 Å². The topological polar surface area (TPSA) is 63.7 Å². The van der Waals surface area contributed by atoms with Crippen molar-refractivity contribution in [2.45, 2.75) is 19.6 Å². The number of anilines is 9. The van der Waals surface area contributed by atoms with Gasteiger partial charge in [0.15, 0.2) is 0 Å². The van der Waals surface area contributed by atoms with E-state index in [4.69, 9.17) is 19.9 Å². The monoisotopic (exact) mass is 1200 g/mol. The van der Waals surface area contributed by atoms with E-state index in [0.717, 1.165) is 135 Å². The smallest absolute Gasteiger partial charge is 0.657 e. The number of benzene rings is 9. The van der Waals surface area contributed by atoms with Crippen molar-refractivity contribution in [1.29, 1.82) is 0 Å². The molecule has 0 saturated carbocycles. The molecule has 7 nitrogen and oxygen atoms in total. The summed E-state index contributed by atoms with van der Waals surface area (Å²) in [7, 11) is -1.89. The van der Waals surface area contributed by atoms with Crippen LogP contribution in [0.25, 0.3) is 79.8 Å². The molecule has 0 amide bonds. The van der Waals surface area contributed by atoms with Crippen molar-refractivity contribution in [3.63, 3.8) is 0 Å². The van der Waals surface area contributed by atoms with Crippen molar-refractivity contribution in [1.82, 2.24) is 19.9 Å². The van der Waals surface area contributed by atoms with Crippen LogP contribution in [0.15, 0.2) is 279 Å². The molecule has 2 aliphatic rings. The van der Waals surface area contributed by atoms with Crippen molar-refractivity contribution in [3.05, 3.63) is 307 Å². The van der Waals surface area contributed by atoms with Crippen LogP contribution in [0.1, 0.15) is 28.3 Å². The molecule has 14 rings (SSSR count). The summed E-state index contributed by atoms with van der Waals surface area (Å²) in [6.07, 6.45) is 8.46. The molecule has 2 aliphatic heterocycles. The maximum Gasteiger partial charge on any atom is 2.00 e. The van der Waals surface area contributed by atoms with E-state index in [9.17, 15) is 0 Å². The van der Waals surface area contributed by atoms with Gasteiger partial charge in [0.25, 0.3) is 0 Å². The predicted octanol–water partition coefficient (Wildman–Crippen LogP) is 20.6. The average Bonchev–Trinajstić information content (AvgIpc) is 4.59. The molecular formula is C79H59N7SiZn. The number of para-hydroxylation sites is 6. The van der Waals surface area contributed by atoms with Crippen LogP contribution in [0, 0.1) is 11.5 Å². The first-order chi connectivity index (χ1) is 42.8. The predicted molar refractivity (Wildman–Crippen MR) is 367 cm³/mol. The minimum atomic E-state index is -1.89. The largest absolute Gasteiger partial charge is 2.00 e. The zero-order chi connectivity index (χ0) is 58.7. The minimum Gasteiger partial charge on any atom is -0.657 e. The number of aromatic nitrogens is 4. The second-order valence-electron chi connectivity index (χ2n) is 22.5. The van der Waals surface area contributed by atoms with Gasteiger partial charge in [0, 0.05) is 56.7 Å². The molecule has 0 aliphatic carbocycles. The van der Waals surface area contributed by atoms with Crippen LogP contribution in [-0.4, -0.2) is 18.0 Å². The summed E-state index contributed by atoms with van der Waals surface area (Å²) in [5.74, 6) is 3.66. The summed E-state index contributed by atoms with van der Waals surface area (Å²) in [5.41, 5.74) is 25.7. The molecule has 0 N–H and O–H groups in total. The first kappa shape index (κ1) is 56.5. The summed E-state index contributed by atoms with van der Waals surface area (Å²) in [4.78, 5) is 29.2. The Labute approximate surface area is 528 Å². The first-order valence-corrected chi connectivity index (χ1v) is 32.9. The number of fused-ring (bicyclic) bond motifs is 8. The summed E-state index contributed by atoms with van der Waals surface area (Å²) in [6.45, 7) is 6.80. The third-order valence-corrected chi connectivity index (χ3v) is 16.4. The zero-order valence-electron chi connectivity index (χ0n) is 49.2. The van der Waals surface area contributed by atoms with Gasteiger partial charge in [-0.25, -0.2) is 9.97 Å². The number of rotatable bonds is 12. The van der Waals surface area contributed by atoms with Crippen LogP contribution >= 0.6 is 0 Å². The molecule has 0 saturated heterocycles. The SMILES string of the molecule is C[Si](C)(C)C#Cc1c2nc(c(-c3ccc(N(c4ccccc4)c4ccccc4)cc3)c3ccc([n-]3)c(-c3ccc(N(c4ccccc4)c4ccccc4)cc3)c3nc(c(-c4ccc(N(c5ccccc5)c5ccccc5)cc4)c4ccc1[n-]4)C=C3)C=C2.[Zn+2]. The molecule has 8 bridgehead atoms. The fourth-order valence-electron chi connectivity index (χ4n) is 11.5. The Kier molecular flexibility index (Phi) is 15.9.